The topological polar surface area (TPSA) is 59.2 Å². The number of pyridine rings is 1. The van der Waals surface area contributed by atoms with Crippen molar-refractivity contribution >= 4 is 30.7 Å². The van der Waals surface area contributed by atoms with Crippen molar-refractivity contribution in [3.8, 4) is 0 Å². The van der Waals surface area contributed by atoms with Gasteiger partial charge in [-0.15, -0.1) is 24.8 Å². The van der Waals surface area contributed by atoms with E-state index >= 15 is 0 Å². The lowest BCUT2D eigenvalue weighted by molar-refractivity contribution is -0.130. The maximum Gasteiger partial charge on any atom is 0.223 e. The van der Waals surface area contributed by atoms with Gasteiger partial charge >= 0.3 is 0 Å². The van der Waals surface area contributed by atoms with Gasteiger partial charge in [0.2, 0.25) is 5.91 Å². The van der Waals surface area contributed by atoms with Crippen LogP contribution in [0, 0.1) is 0 Å². The first-order valence-corrected chi connectivity index (χ1v) is 5.48. The molecule has 4 nitrogen and oxygen atoms in total. The van der Waals surface area contributed by atoms with Gasteiger partial charge in [0, 0.05) is 38.4 Å². The van der Waals surface area contributed by atoms with E-state index in [2.05, 4.69) is 4.98 Å². The van der Waals surface area contributed by atoms with Gasteiger partial charge in [0.15, 0.2) is 0 Å². The molecule has 0 aliphatic heterocycles. The predicted molar refractivity (Wildman–Crippen MR) is 78.3 cm³/mol. The second kappa shape index (κ2) is 10.1. The summed E-state index contributed by atoms with van der Waals surface area (Å²) >= 11 is 0. The smallest absolute Gasteiger partial charge is 0.223 e. The maximum atomic E-state index is 11.6. The van der Waals surface area contributed by atoms with Crippen LogP contribution in [0.25, 0.3) is 0 Å². The molecule has 1 amide bonds. The highest BCUT2D eigenvalue weighted by molar-refractivity contribution is 5.85. The third-order valence-corrected chi connectivity index (χ3v) is 2.41. The van der Waals surface area contributed by atoms with Crippen LogP contribution in [-0.4, -0.2) is 35.4 Å². The SMILES string of the molecule is CC(N)CC(=O)N(C)CCc1ccncc1.Cl.Cl. The van der Waals surface area contributed by atoms with Crippen LogP contribution < -0.4 is 5.73 Å². The van der Waals surface area contributed by atoms with Crippen molar-refractivity contribution in [2.45, 2.75) is 25.8 Å². The molecule has 0 fully saturated rings. The molecule has 1 aromatic heterocycles. The van der Waals surface area contributed by atoms with Crippen LogP contribution in [0.2, 0.25) is 0 Å². The summed E-state index contributed by atoms with van der Waals surface area (Å²) in [6, 6.07) is 3.85. The molecule has 1 heterocycles. The minimum atomic E-state index is -0.0733. The van der Waals surface area contributed by atoms with Crippen LogP contribution in [0.4, 0.5) is 0 Å². The van der Waals surface area contributed by atoms with Crippen molar-refractivity contribution in [2.75, 3.05) is 13.6 Å². The molecule has 2 N–H and O–H groups in total. The van der Waals surface area contributed by atoms with E-state index in [-0.39, 0.29) is 36.8 Å². The Bertz CT molecular complexity index is 333. The van der Waals surface area contributed by atoms with Crippen LogP contribution in [0.15, 0.2) is 24.5 Å². The lowest BCUT2D eigenvalue weighted by Gasteiger charge is -2.18. The summed E-state index contributed by atoms with van der Waals surface area (Å²) in [5.74, 6) is 0.101. The number of likely N-dealkylation sites (N-methyl/N-ethyl adjacent to an activating group) is 1. The number of amides is 1. The minimum absolute atomic E-state index is 0. The summed E-state index contributed by atoms with van der Waals surface area (Å²) in [5, 5.41) is 0. The third kappa shape index (κ3) is 7.48. The Labute approximate surface area is 121 Å². The second-order valence-electron chi connectivity index (χ2n) is 4.10. The van der Waals surface area contributed by atoms with E-state index in [1.807, 2.05) is 26.1 Å². The number of nitrogens with zero attached hydrogens (tertiary/aromatic N) is 2. The van der Waals surface area contributed by atoms with Crippen molar-refractivity contribution in [3.05, 3.63) is 30.1 Å². The fraction of sp³-hybridized carbons (Fsp3) is 0.500. The number of nitrogens with two attached hydrogens (primary N) is 1. The average Bonchev–Trinajstić information content (AvgIpc) is 2.26. The Kier molecular flexibility index (Phi) is 11.0. The van der Waals surface area contributed by atoms with Gasteiger partial charge < -0.3 is 10.6 Å². The summed E-state index contributed by atoms with van der Waals surface area (Å²) in [4.78, 5) is 17.3. The molecular formula is C12H21Cl2N3O. The average molecular weight is 294 g/mol. The molecule has 0 bridgehead atoms. The van der Waals surface area contributed by atoms with Gasteiger partial charge in [-0.05, 0) is 31.0 Å². The van der Waals surface area contributed by atoms with E-state index in [9.17, 15) is 4.79 Å². The minimum Gasteiger partial charge on any atom is -0.345 e. The molecule has 0 saturated carbocycles. The largest absolute Gasteiger partial charge is 0.345 e. The number of carbonyl (C=O) groups excluding carboxylic acids is 1. The zero-order valence-corrected chi connectivity index (χ0v) is 12.3. The molecule has 1 atom stereocenters. The lowest BCUT2D eigenvalue weighted by Crippen LogP contribution is -2.33. The van der Waals surface area contributed by atoms with Gasteiger partial charge in [-0.25, -0.2) is 0 Å². The molecular weight excluding hydrogens is 273 g/mol. The van der Waals surface area contributed by atoms with Gasteiger partial charge in [-0.2, -0.15) is 0 Å². The molecule has 1 aromatic rings. The Morgan fingerprint density at radius 3 is 2.44 bits per heavy atom. The van der Waals surface area contributed by atoms with Crippen molar-refractivity contribution in [1.29, 1.82) is 0 Å². The predicted octanol–water partition coefficient (Wildman–Crippen LogP) is 1.66. The van der Waals surface area contributed by atoms with Crippen molar-refractivity contribution < 1.29 is 4.79 Å². The standard InChI is InChI=1S/C12H19N3O.2ClH/c1-10(13)9-12(16)15(2)8-5-11-3-6-14-7-4-11;;/h3-4,6-7,10H,5,8-9,13H2,1-2H3;2*1H. The van der Waals surface area contributed by atoms with Gasteiger partial charge in [-0.3, -0.25) is 9.78 Å². The number of hydrogen-bond donors (Lipinski definition) is 1. The first-order chi connectivity index (χ1) is 7.59. The zero-order chi connectivity index (χ0) is 12.0. The molecule has 6 heteroatoms. The number of rotatable bonds is 5. The zero-order valence-electron chi connectivity index (χ0n) is 10.7. The molecule has 0 radical (unpaired) electrons. The van der Waals surface area contributed by atoms with Crippen LogP contribution in [0.5, 0.6) is 0 Å². The summed E-state index contributed by atoms with van der Waals surface area (Å²) in [7, 11) is 1.81. The molecule has 0 spiro atoms. The maximum absolute atomic E-state index is 11.6. The Balaban J connectivity index is 0. The van der Waals surface area contributed by atoms with E-state index in [1.54, 1.807) is 17.3 Å². The van der Waals surface area contributed by atoms with Crippen molar-refractivity contribution in [1.82, 2.24) is 9.88 Å². The summed E-state index contributed by atoms with van der Waals surface area (Å²) in [6.07, 6.45) is 4.79. The monoisotopic (exact) mass is 293 g/mol. The Hall–Kier alpha value is -0.840. The highest BCUT2D eigenvalue weighted by Crippen LogP contribution is 2.00. The molecule has 1 unspecified atom stereocenters. The number of carbonyl (C=O) groups is 1. The highest BCUT2D eigenvalue weighted by Gasteiger charge is 2.10. The van der Waals surface area contributed by atoms with E-state index in [0.717, 1.165) is 13.0 Å². The molecule has 0 aromatic carbocycles. The third-order valence-electron chi connectivity index (χ3n) is 2.41. The summed E-state index contributed by atoms with van der Waals surface area (Å²) in [5.41, 5.74) is 6.77. The molecule has 1 rings (SSSR count). The van der Waals surface area contributed by atoms with Gasteiger partial charge in [0.05, 0.1) is 0 Å². The van der Waals surface area contributed by atoms with Gasteiger partial charge in [0.25, 0.3) is 0 Å². The second-order valence-corrected chi connectivity index (χ2v) is 4.10. The fourth-order valence-electron chi connectivity index (χ4n) is 1.40. The van der Waals surface area contributed by atoms with Crippen LogP contribution in [0.3, 0.4) is 0 Å². The molecule has 18 heavy (non-hydrogen) atoms. The number of hydrogen-bond acceptors (Lipinski definition) is 3. The van der Waals surface area contributed by atoms with Crippen molar-refractivity contribution in [3.63, 3.8) is 0 Å². The fourth-order valence-corrected chi connectivity index (χ4v) is 1.40. The van der Waals surface area contributed by atoms with E-state index < -0.39 is 0 Å². The normalized spacial score (nSPS) is 10.8. The first kappa shape index (κ1) is 19.5. The highest BCUT2D eigenvalue weighted by atomic mass is 35.5. The number of aromatic nitrogens is 1. The molecule has 0 saturated heterocycles. The van der Waals surface area contributed by atoms with E-state index in [4.69, 9.17) is 5.73 Å². The van der Waals surface area contributed by atoms with E-state index in [1.165, 1.54) is 5.56 Å². The van der Waals surface area contributed by atoms with Crippen LogP contribution in [-0.2, 0) is 11.2 Å². The molecule has 0 aliphatic rings. The first-order valence-electron chi connectivity index (χ1n) is 5.48. The van der Waals surface area contributed by atoms with Crippen LogP contribution >= 0.6 is 24.8 Å². The number of halogens is 2. The summed E-state index contributed by atoms with van der Waals surface area (Å²) in [6.45, 7) is 2.56. The van der Waals surface area contributed by atoms with Crippen molar-refractivity contribution in [2.24, 2.45) is 5.73 Å². The molecule has 0 aliphatic carbocycles. The Morgan fingerprint density at radius 2 is 1.94 bits per heavy atom. The lowest BCUT2D eigenvalue weighted by atomic mass is 10.2. The summed E-state index contributed by atoms with van der Waals surface area (Å²) < 4.78 is 0. The molecule has 104 valence electrons. The van der Waals surface area contributed by atoms with Gasteiger partial charge in [0.1, 0.15) is 0 Å². The Morgan fingerprint density at radius 1 is 1.39 bits per heavy atom. The van der Waals surface area contributed by atoms with Crippen LogP contribution in [0.1, 0.15) is 18.9 Å². The quantitative estimate of drug-likeness (QED) is 0.898. The van der Waals surface area contributed by atoms with Gasteiger partial charge in [-0.1, -0.05) is 0 Å². The van der Waals surface area contributed by atoms with E-state index in [0.29, 0.717) is 6.42 Å².